The van der Waals surface area contributed by atoms with E-state index in [0.29, 0.717) is 17.7 Å². The van der Waals surface area contributed by atoms with Crippen LogP contribution in [-0.4, -0.2) is 24.3 Å². The number of thiocarbonyl (C=S) groups is 1. The minimum atomic E-state index is 0.365. The maximum absolute atomic E-state index is 5.79. The topological polar surface area (TPSA) is 44.5 Å². The summed E-state index contributed by atoms with van der Waals surface area (Å²) in [7, 11) is 0. The predicted octanol–water partition coefficient (Wildman–Crippen LogP) is 2.58. The van der Waals surface area contributed by atoms with E-state index in [1.54, 1.807) is 0 Å². The molecule has 1 fully saturated rings. The van der Waals surface area contributed by atoms with E-state index in [4.69, 9.17) is 27.4 Å². The highest BCUT2D eigenvalue weighted by molar-refractivity contribution is 7.80. The molecule has 0 radical (unpaired) electrons. The first-order valence-corrected chi connectivity index (χ1v) is 6.72. The van der Waals surface area contributed by atoms with E-state index in [2.05, 4.69) is 0 Å². The third-order valence-corrected chi connectivity index (χ3v) is 3.43. The fourth-order valence-corrected chi connectivity index (χ4v) is 2.21. The minimum absolute atomic E-state index is 0.365. The summed E-state index contributed by atoms with van der Waals surface area (Å²) in [5.74, 6) is 0.860. The van der Waals surface area contributed by atoms with E-state index < -0.39 is 0 Å². The molecule has 0 aromatic heterocycles. The molecule has 0 saturated carbocycles. The van der Waals surface area contributed by atoms with E-state index in [-0.39, 0.29) is 0 Å². The second-order valence-electron chi connectivity index (χ2n) is 4.62. The zero-order valence-electron chi connectivity index (χ0n) is 10.6. The molecule has 1 aromatic carbocycles. The van der Waals surface area contributed by atoms with Crippen LogP contribution in [0.15, 0.2) is 18.2 Å². The van der Waals surface area contributed by atoms with Crippen molar-refractivity contribution in [2.24, 2.45) is 5.73 Å². The highest BCUT2D eigenvalue weighted by Crippen LogP contribution is 2.21. The summed E-state index contributed by atoms with van der Waals surface area (Å²) in [4.78, 5) is 0.402. The largest absolute Gasteiger partial charge is 0.493 e. The van der Waals surface area contributed by atoms with Crippen molar-refractivity contribution in [2.75, 3.05) is 13.2 Å². The molecule has 1 heterocycles. The van der Waals surface area contributed by atoms with Crippen molar-refractivity contribution in [3.8, 4) is 5.75 Å². The fraction of sp³-hybridized carbons (Fsp3) is 0.500. The lowest BCUT2D eigenvalue weighted by Crippen LogP contribution is -2.12. The maximum Gasteiger partial charge on any atom is 0.122 e. The average molecular weight is 265 g/mol. The Labute approximate surface area is 113 Å². The van der Waals surface area contributed by atoms with Crippen LogP contribution in [0.2, 0.25) is 0 Å². The molecule has 1 aliphatic heterocycles. The molecule has 18 heavy (non-hydrogen) atoms. The van der Waals surface area contributed by atoms with Crippen molar-refractivity contribution in [2.45, 2.75) is 32.3 Å². The van der Waals surface area contributed by atoms with Gasteiger partial charge in [0.15, 0.2) is 0 Å². The summed E-state index contributed by atoms with van der Waals surface area (Å²) >= 11 is 4.97. The molecular weight excluding hydrogens is 246 g/mol. The standard InChI is InChI=1S/C14H19NO2S/c1-10-4-5-11(14(15)18)9-13(10)17-8-6-12-3-2-7-16-12/h4-5,9,12H,2-3,6-8H2,1H3,(H2,15,18). The molecule has 0 aliphatic carbocycles. The fourth-order valence-electron chi connectivity index (χ4n) is 2.08. The molecule has 0 spiro atoms. The summed E-state index contributed by atoms with van der Waals surface area (Å²) < 4.78 is 11.4. The Morgan fingerprint density at radius 2 is 2.39 bits per heavy atom. The van der Waals surface area contributed by atoms with Gasteiger partial charge in [-0.15, -0.1) is 0 Å². The average Bonchev–Trinajstić information content (AvgIpc) is 2.84. The van der Waals surface area contributed by atoms with E-state index >= 15 is 0 Å². The molecule has 1 aromatic rings. The Bertz CT molecular complexity index is 428. The third-order valence-electron chi connectivity index (χ3n) is 3.19. The van der Waals surface area contributed by atoms with Gasteiger partial charge in [0.25, 0.3) is 0 Å². The molecule has 3 nitrogen and oxygen atoms in total. The van der Waals surface area contributed by atoms with E-state index in [1.165, 1.54) is 6.42 Å². The van der Waals surface area contributed by atoms with Gasteiger partial charge in [-0.3, -0.25) is 0 Å². The molecule has 0 amide bonds. The van der Waals surface area contributed by atoms with Crippen molar-refractivity contribution in [1.82, 2.24) is 0 Å². The zero-order valence-corrected chi connectivity index (χ0v) is 11.5. The van der Waals surface area contributed by atoms with Crippen LogP contribution < -0.4 is 10.5 Å². The first kappa shape index (κ1) is 13.3. The monoisotopic (exact) mass is 265 g/mol. The van der Waals surface area contributed by atoms with Crippen molar-refractivity contribution in [3.63, 3.8) is 0 Å². The van der Waals surface area contributed by atoms with Crippen LogP contribution in [0.25, 0.3) is 0 Å². The quantitative estimate of drug-likeness (QED) is 0.831. The summed E-state index contributed by atoms with van der Waals surface area (Å²) in [6.07, 6.45) is 3.62. The predicted molar refractivity (Wildman–Crippen MR) is 76.2 cm³/mol. The highest BCUT2D eigenvalue weighted by atomic mass is 32.1. The first-order chi connectivity index (χ1) is 8.66. The van der Waals surface area contributed by atoms with Gasteiger partial charge in [0.1, 0.15) is 10.7 Å². The number of rotatable bonds is 5. The van der Waals surface area contributed by atoms with Crippen LogP contribution in [0.4, 0.5) is 0 Å². The molecule has 2 N–H and O–H groups in total. The molecule has 98 valence electrons. The Kier molecular flexibility index (Phi) is 4.55. The summed E-state index contributed by atoms with van der Waals surface area (Å²) in [5, 5.41) is 0. The van der Waals surface area contributed by atoms with Gasteiger partial charge in [0, 0.05) is 18.6 Å². The summed E-state index contributed by atoms with van der Waals surface area (Å²) in [5.41, 5.74) is 7.57. The highest BCUT2D eigenvalue weighted by Gasteiger charge is 2.15. The molecule has 1 saturated heterocycles. The maximum atomic E-state index is 5.79. The smallest absolute Gasteiger partial charge is 0.122 e. The summed E-state index contributed by atoms with van der Waals surface area (Å²) in [6.45, 7) is 3.58. The lowest BCUT2D eigenvalue weighted by atomic mass is 10.1. The van der Waals surface area contributed by atoms with Crippen molar-refractivity contribution in [1.29, 1.82) is 0 Å². The molecule has 1 aliphatic rings. The second-order valence-corrected chi connectivity index (χ2v) is 5.06. The van der Waals surface area contributed by atoms with Gasteiger partial charge in [0.2, 0.25) is 0 Å². The Balaban J connectivity index is 1.91. The number of hydrogen-bond donors (Lipinski definition) is 1. The lowest BCUT2D eigenvalue weighted by Gasteiger charge is -2.13. The molecule has 0 bridgehead atoms. The molecular formula is C14H19NO2S. The van der Waals surface area contributed by atoms with E-state index in [0.717, 1.165) is 36.3 Å². The summed E-state index contributed by atoms with van der Waals surface area (Å²) in [6, 6.07) is 5.81. The van der Waals surface area contributed by atoms with Gasteiger partial charge in [-0.2, -0.15) is 0 Å². The number of nitrogens with two attached hydrogens (primary N) is 1. The van der Waals surface area contributed by atoms with E-state index in [1.807, 2.05) is 25.1 Å². The van der Waals surface area contributed by atoms with Crippen LogP contribution in [0.3, 0.4) is 0 Å². The Hall–Kier alpha value is -1.13. The van der Waals surface area contributed by atoms with Crippen molar-refractivity contribution < 1.29 is 9.47 Å². The molecule has 2 rings (SSSR count). The van der Waals surface area contributed by atoms with Crippen LogP contribution in [0, 0.1) is 6.92 Å². The molecule has 1 unspecified atom stereocenters. The first-order valence-electron chi connectivity index (χ1n) is 6.31. The number of hydrogen-bond acceptors (Lipinski definition) is 3. The Morgan fingerprint density at radius 1 is 1.56 bits per heavy atom. The number of benzene rings is 1. The lowest BCUT2D eigenvalue weighted by molar-refractivity contribution is 0.0902. The van der Waals surface area contributed by atoms with Crippen molar-refractivity contribution >= 4 is 17.2 Å². The van der Waals surface area contributed by atoms with Gasteiger partial charge in [0.05, 0.1) is 12.7 Å². The normalized spacial score (nSPS) is 18.8. The second kappa shape index (κ2) is 6.16. The van der Waals surface area contributed by atoms with Crippen LogP contribution in [0.5, 0.6) is 5.75 Å². The Morgan fingerprint density at radius 3 is 3.06 bits per heavy atom. The third kappa shape index (κ3) is 3.43. The van der Waals surface area contributed by atoms with Gasteiger partial charge < -0.3 is 15.2 Å². The van der Waals surface area contributed by atoms with Gasteiger partial charge in [-0.1, -0.05) is 24.4 Å². The van der Waals surface area contributed by atoms with Crippen LogP contribution >= 0.6 is 12.2 Å². The van der Waals surface area contributed by atoms with Crippen LogP contribution in [-0.2, 0) is 4.74 Å². The van der Waals surface area contributed by atoms with Gasteiger partial charge >= 0.3 is 0 Å². The van der Waals surface area contributed by atoms with E-state index in [9.17, 15) is 0 Å². The van der Waals surface area contributed by atoms with Gasteiger partial charge in [-0.05, 0) is 31.4 Å². The molecule has 1 atom stereocenters. The van der Waals surface area contributed by atoms with Gasteiger partial charge in [-0.25, -0.2) is 0 Å². The van der Waals surface area contributed by atoms with Crippen LogP contribution in [0.1, 0.15) is 30.4 Å². The number of ether oxygens (including phenoxy) is 2. The zero-order chi connectivity index (χ0) is 13.0. The minimum Gasteiger partial charge on any atom is -0.493 e. The van der Waals surface area contributed by atoms with Crippen molar-refractivity contribution in [3.05, 3.63) is 29.3 Å². The number of aryl methyl sites for hydroxylation is 1. The molecule has 4 heteroatoms. The SMILES string of the molecule is Cc1ccc(C(N)=S)cc1OCCC1CCCO1.